The molecule has 1 aliphatic heterocycles. The van der Waals surface area contributed by atoms with Crippen molar-refractivity contribution in [3.8, 4) is 0 Å². The van der Waals surface area contributed by atoms with Crippen LogP contribution in [0.1, 0.15) is 18.4 Å². The number of rotatable bonds is 4. The van der Waals surface area contributed by atoms with E-state index in [4.69, 9.17) is 10.5 Å². The van der Waals surface area contributed by atoms with Gasteiger partial charge in [-0.2, -0.15) is 0 Å². The lowest BCUT2D eigenvalue weighted by Crippen LogP contribution is -2.09. The van der Waals surface area contributed by atoms with Crippen LogP contribution in [-0.2, 0) is 4.74 Å². The van der Waals surface area contributed by atoms with Gasteiger partial charge in [0.15, 0.2) is 0 Å². The topological polar surface area (TPSA) is 47.6 Å². The van der Waals surface area contributed by atoms with Gasteiger partial charge in [-0.05, 0) is 37.6 Å². The molecule has 2 N–H and O–H groups in total. The van der Waals surface area contributed by atoms with Crippen LogP contribution in [0.3, 0.4) is 0 Å². The summed E-state index contributed by atoms with van der Waals surface area (Å²) in [5.74, 6) is 0.274. The number of hydrogen-bond acceptors (Lipinski definition) is 3. The SMILES string of the molecule is NCCCC1COC(c2cccc(F)c2)=N1. The van der Waals surface area contributed by atoms with Gasteiger partial charge < -0.3 is 10.5 Å². The predicted molar refractivity (Wildman–Crippen MR) is 61.0 cm³/mol. The molecule has 3 nitrogen and oxygen atoms in total. The molecule has 0 aliphatic carbocycles. The van der Waals surface area contributed by atoms with Crippen LogP contribution in [0.5, 0.6) is 0 Å². The lowest BCUT2D eigenvalue weighted by Gasteiger charge is -2.01. The molecule has 0 saturated heterocycles. The lowest BCUT2D eigenvalue weighted by molar-refractivity contribution is 0.310. The molecule has 0 aromatic heterocycles. The molecular weight excluding hydrogens is 207 g/mol. The second-order valence-electron chi connectivity index (χ2n) is 3.84. The van der Waals surface area contributed by atoms with E-state index in [2.05, 4.69) is 4.99 Å². The summed E-state index contributed by atoms with van der Waals surface area (Å²) in [6, 6.07) is 6.47. The quantitative estimate of drug-likeness (QED) is 0.843. The van der Waals surface area contributed by atoms with E-state index >= 15 is 0 Å². The molecule has 16 heavy (non-hydrogen) atoms. The largest absolute Gasteiger partial charge is 0.475 e. The maximum Gasteiger partial charge on any atom is 0.216 e. The Bertz CT molecular complexity index is 392. The van der Waals surface area contributed by atoms with Gasteiger partial charge in [-0.1, -0.05) is 6.07 Å². The third kappa shape index (κ3) is 2.58. The summed E-state index contributed by atoms with van der Waals surface area (Å²) >= 11 is 0. The van der Waals surface area contributed by atoms with E-state index in [-0.39, 0.29) is 11.9 Å². The van der Waals surface area contributed by atoms with Gasteiger partial charge in [0.25, 0.3) is 0 Å². The monoisotopic (exact) mass is 222 g/mol. The van der Waals surface area contributed by atoms with Crippen molar-refractivity contribution in [2.24, 2.45) is 10.7 Å². The standard InChI is InChI=1S/C12H15FN2O/c13-10-4-1-3-9(7-10)12-15-11(8-16-12)5-2-6-14/h1,3-4,7,11H,2,5-6,8,14H2. The minimum atomic E-state index is -0.269. The van der Waals surface area contributed by atoms with Gasteiger partial charge in [0.1, 0.15) is 12.4 Å². The Morgan fingerprint density at radius 1 is 1.50 bits per heavy atom. The molecule has 1 heterocycles. The average molecular weight is 222 g/mol. The second-order valence-corrected chi connectivity index (χ2v) is 3.84. The van der Waals surface area contributed by atoms with Crippen molar-refractivity contribution >= 4 is 5.90 Å². The van der Waals surface area contributed by atoms with Gasteiger partial charge in [0.05, 0.1) is 6.04 Å². The summed E-state index contributed by atoms with van der Waals surface area (Å²) in [5, 5.41) is 0. The van der Waals surface area contributed by atoms with E-state index in [9.17, 15) is 4.39 Å². The Morgan fingerprint density at radius 2 is 2.38 bits per heavy atom. The molecule has 2 rings (SSSR count). The highest BCUT2D eigenvalue weighted by Crippen LogP contribution is 2.15. The molecule has 0 amide bonds. The molecule has 0 spiro atoms. The molecule has 1 aliphatic rings. The Labute approximate surface area is 94.1 Å². The van der Waals surface area contributed by atoms with E-state index in [0.29, 0.717) is 24.6 Å². The number of ether oxygens (including phenoxy) is 1. The molecule has 4 heteroatoms. The first-order valence-corrected chi connectivity index (χ1v) is 5.46. The highest BCUT2D eigenvalue weighted by Gasteiger charge is 2.19. The zero-order valence-electron chi connectivity index (χ0n) is 9.03. The Morgan fingerprint density at radius 3 is 3.12 bits per heavy atom. The highest BCUT2D eigenvalue weighted by molar-refractivity contribution is 5.95. The molecule has 1 unspecified atom stereocenters. The first kappa shape index (κ1) is 11.1. The maximum absolute atomic E-state index is 13.0. The van der Waals surface area contributed by atoms with Crippen LogP contribution in [0.4, 0.5) is 4.39 Å². The summed E-state index contributed by atoms with van der Waals surface area (Å²) in [4.78, 5) is 4.41. The van der Waals surface area contributed by atoms with Crippen LogP contribution < -0.4 is 5.73 Å². The molecule has 0 radical (unpaired) electrons. The van der Waals surface area contributed by atoms with Crippen molar-refractivity contribution < 1.29 is 9.13 Å². The van der Waals surface area contributed by atoms with Crippen LogP contribution in [-0.4, -0.2) is 25.1 Å². The van der Waals surface area contributed by atoms with Crippen molar-refractivity contribution in [3.63, 3.8) is 0 Å². The van der Waals surface area contributed by atoms with Crippen LogP contribution >= 0.6 is 0 Å². The van der Waals surface area contributed by atoms with Crippen LogP contribution in [0.15, 0.2) is 29.3 Å². The average Bonchev–Trinajstić information content (AvgIpc) is 2.75. The molecule has 86 valence electrons. The Kier molecular flexibility index (Phi) is 3.51. The second kappa shape index (κ2) is 5.07. The maximum atomic E-state index is 13.0. The summed E-state index contributed by atoms with van der Waals surface area (Å²) < 4.78 is 18.4. The highest BCUT2D eigenvalue weighted by atomic mass is 19.1. The number of nitrogens with two attached hydrogens (primary N) is 1. The fourth-order valence-electron chi connectivity index (χ4n) is 1.70. The number of nitrogens with zero attached hydrogens (tertiary/aromatic N) is 1. The molecule has 1 aromatic carbocycles. The van der Waals surface area contributed by atoms with Crippen LogP contribution in [0, 0.1) is 5.82 Å². The van der Waals surface area contributed by atoms with Crippen LogP contribution in [0.2, 0.25) is 0 Å². The molecule has 0 fully saturated rings. The van der Waals surface area contributed by atoms with Gasteiger partial charge in [0, 0.05) is 5.56 Å². The van der Waals surface area contributed by atoms with Crippen molar-refractivity contribution in [1.82, 2.24) is 0 Å². The normalized spacial score (nSPS) is 19.4. The minimum Gasteiger partial charge on any atom is -0.475 e. The fourth-order valence-corrected chi connectivity index (χ4v) is 1.70. The predicted octanol–water partition coefficient (Wildman–Crippen LogP) is 1.71. The zero-order chi connectivity index (χ0) is 11.4. The van der Waals surface area contributed by atoms with Gasteiger partial charge in [0.2, 0.25) is 5.90 Å². The number of halogens is 1. The smallest absolute Gasteiger partial charge is 0.216 e. The summed E-state index contributed by atoms with van der Waals surface area (Å²) in [7, 11) is 0. The van der Waals surface area contributed by atoms with Crippen molar-refractivity contribution in [2.45, 2.75) is 18.9 Å². The van der Waals surface area contributed by atoms with Gasteiger partial charge in [-0.25, -0.2) is 9.38 Å². The van der Waals surface area contributed by atoms with Crippen molar-refractivity contribution in [2.75, 3.05) is 13.2 Å². The number of benzene rings is 1. The Balaban J connectivity index is 2.06. The number of aliphatic imine (C=N–C) groups is 1. The summed E-state index contributed by atoms with van der Waals surface area (Å²) in [5.41, 5.74) is 6.14. The van der Waals surface area contributed by atoms with E-state index in [1.807, 2.05) is 0 Å². The van der Waals surface area contributed by atoms with Gasteiger partial charge >= 0.3 is 0 Å². The number of hydrogen-bond donors (Lipinski definition) is 1. The summed E-state index contributed by atoms with van der Waals surface area (Å²) in [6.07, 6.45) is 1.86. The lowest BCUT2D eigenvalue weighted by atomic mass is 10.2. The van der Waals surface area contributed by atoms with Crippen molar-refractivity contribution in [3.05, 3.63) is 35.6 Å². The minimum absolute atomic E-state index is 0.168. The summed E-state index contributed by atoms with van der Waals surface area (Å²) in [6.45, 7) is 1.24. The first-order valence-electron chi connectivity index (χ1n) is 5.46. The van der Waals surface area contributed by atoms with Crippen molar-refractivity contribution in [1.29, 1.82) is 0 Å². The third-order valence-corrected chi connectivity index (χ3v) is 2.53. The van der Waals surface area contributed by atoms with Gasteiger partial charge in [-0.15, -0.1) is 0 Å². The Hall–Kier alpha value is -1.42. The fraction of sp³-hybridized carbons (Fsp3) is 0.417. The van der Waals surface area contributed by atoms with Crippen LogP contribution in [0.25, 0.3) is 0 Å². The molecule has 0 bridgehead atoms. The molecule has 0 saturated carbocycles. The first-order chi connectivity index (χ1) is 7.79. The zero-order valence-corrected chi connectivity index (χ0v) is 9.03. The van der Waals surface area contributed by atoms with E-state index in [1.54, 1.807) is 12.1 Å². The third-order valence-electron chi connectivity index (χ3n) is 2.53. The van der Waals surface area contributed by atoms with E-state index in [1.165, 1.54) is 12.1 Å². The molecular formula is C12H15FN2O. The molecule has 1 atom stereocenters. The molecule has 1 aromatic rings. The van der Waals surface area contributed by atoms with Gasteiger partial charge in [-0.3, -0.25) is 0 Å². The van der Waals surface area contributed by atoms with E-state index < -0.39 is 0 Å². The van der Waals surface area contributed by atoms with E-state index in [0.717, 1.165) is 12.8 Å².